The molecule has 0 bridgehead atoms. The molecule has 5 heteroatoms. The zero-order chi connectivity index (χ0) is 18.2. The molecule has 0 amide bonds. The largest absolute Gasteiger partial charge is 0.493 e. The maximum Gasteiger partial charge on any atom is 0.161 e. The molecule has 0 aromatic heterocycles. The monoisotopic (exact) mass is 349 g/mol. The third kappa shape index (κ3) is 3.37. The van der Waals surface area contributed by atoms with Gasteiger partial charge in [0, 0.05) is 25.0 Å². The fourth-order valence-corrected chi connectivity index (χ4v) is 4.55. The van der Waals surface area contributed by atoms with Crippen molar-refractivity contribution in [1.82, 2.24) is 4.90 Å². The molecule has 0 aliphatic carbocycles. The standard InChI is InChI=1S/C20H31NO4/c1-13(2)7-15-11-21-6-5-14-8-18(24-3)19(25-4)9-16(14)17(21)10-20(15,23)12-22/h8-9,13,15,17,22-23H,5-7,10-12H2,1-4H3. The number of piperidine rings is 1. The van der Waals surface area contributed by atoms with Gasteiger partial charge in [0.2, 0.25) is 0 Å². The average Bonchev–Trinajstić information content (AvgIpc) is 2.60. The molecular formula is C20H31NO4. The molecule has 140 valence electrons. The SMILES string of the molecule is COc1cc2c(cc1OC)C1CC(O)(CO)C(CC(C)C)CN1CC2. The van der Waals surface area contributed by atoms with E-state index in [-0.39, 0.29) is 18.6 Å². The van der Waals surface area contributed by atoms with Crippen molar-refractivity contribution < 1.29 is 19.7 Å². The fraction of sp³-hybridized carbons (Fsp3) is 0.700. The van der Waals surface area contributed by atoms with Gasteiger partial charge in [-0.3, -0.25) is 4.90 Å². The molecule has 2 aliphatic rings. The molecule has 5 nitrogen and oxygen atoms in total. The molecule has 0 spiro atoms. The molecule has 0 saturated carbocycles. The van der Waals surface area contributed by atoms with Crippen LogP contribution in [0.2, 0.25) is 0 Å². The molecule has 2 N–H and O–H groups in total. The first kappa shape index (κ1) is 18.5. The van der Waals surface area contributed by atoms with Gasteiger partial charge in [0.25, 0.3) is 0 Å². The number of aliphatic hydroxyl groups excluding tert-OH is 1. The molecule has 3 rings (SSSR count). The Morgan fingerprint density at radius 2 is 1.92 bits per heavy atom. The van der Waals surface area contributed by atoms with E-state index in [4.69, 9.17) is 9.47 Å². The Bertz CT molecular complexity index is 618. The van der Waals surface area contributed by atoms with Crippen LogP contribution in [0.1, 0.15) is 43.9 Å². The Morgan fingerprint density at radius 1 is 1.24 bits per heavy atom. The molecule has 1 saturated heterocycles. The van der Waals surface area contributed by atoms with Crippen molar-refractivity contribution >= 4 is 0 Å². The number of aliphatic hydroxyl groups is 2. The van der Waals surface area contributed by atoms with Crippen LogP contribution in [0.15, 0.2) is 12.1 Å². The first-order valence-corrected chi connectivity index (χ1v) is 9.24. The summed E-state index contributed by atoms with van der Waals surface area (Å²) in [4.78, 5) is 2.46. The molecule has 3 atom stereocenters. The Morgan fingerprint density at radius 3 is 2.52 bits per heavy atom. The number of ether oxygens (including phenoxy) is 2. The molecule has 1 aromatic rings. The molecule has 1 aromatic carbocycles. The van der Waals surface area contributed by atoms with E-state index in [1.54, 1.807) is 14.2 Å². The summed E-state index contributed by atoms with van der Waals surface area (Å²) < 4.78 is 10.9. The van der Waals surface area contributed by atoms with Crippen molar-refractivity contribution in [3.8, 4) is 11.5 Å². The lowest BCUT2D eigenvalue weighted by molar-refractivity contribution is -0.129. The third-order valence-corrected chi connectivity index (χ3v) is 5.90. The van der Waals surface area contributed by atoms with E-state index in [9.17, 15) is 10.2 Å². The van der Waals surface area contributed by atoms with Gasteiger partial charge in [-0.05, 0) is 48.4 Å². The van der Waals surface area contributed by atoms with E-state index in [0.29, 0.717) is 12.3 Å². The highest BCUT2D eigenvalue weighted by Gasteiger charge is 2.47. The van der Waals surface area contributed by atoms with Gasteiger partial charge in [0.1, 0.15) is 0 Å². The highest BCUT2D eigenvalue weighted by molar-refractivity contribution is 5.49. The summed E-state index contributed by atoms with van der Waals surface area (Å²) in [7, 11) is 3.30. The molecule has 2 heterocycles. The van der Waals surface area contributed by atoms with Gasteiger partial charge >= 0.3 is 0 Å². The lowest BCUT2D eigenvalue weighted by atomic mass is 9.71. The van der Waals surface area contributed by atoms with Crippen molar-refractivity contribution in [2.45, 2.75) is 44.8 Å². The van der Waals surface area contributed by atoms with E-state index in [2.05, 4.69) is 24.8 Å². The summed E-state index contributed by atoms with van der Waals surface area (Å²) in [6.07, 6.45) is 2.46. The van der Waals surface area contributed by atoms with Gasteiger partial charge < -0.3 is 19.7 Å². The van der Waals surface area contributed by atoms with Crippen LogP contribution >= 0.6 is 0 Å². The highest BCUT2D eigenvalue weighted by Crippen LogP contribution is 2.46. The Hall–Kier alpha value is -1.30. The normalized spacial score (nSPS) is 29.2. The second-order valence-electron chi connectivity index (χ2n) is 7.96. The number of methoxy groups -OCH3 is 2. The van der Waals surface area contributed by atoms with Gasteiger partial charge in [-0.25, -0.2) is 0 Å². The van der Waals surface area contributed by atoms with Gasteiger partial charge in [-0.15, -0.1) is 0 Å². The van der Waals surface area contributed by atoms with E-state index < -0.39 is 5.60 Å². The number of benzene rings is 1. The smallest absolute Gasteiger partial charge is 0.161 e. The summed E-state index contributed by atoms with van der Waals surface area (Å²) in [5.41, 5.74) is 1.42. The van der Waals surface area contributed by atoms with Crippen molar-refractivity contribution in [1.29, 1.82) is 0 Å². The van der Waals surface area contributed by atoms with Gasteiger partial charge in [-0.2, -0.15) is 0 Å². The summed E-state index contributed by atoms with van der Waals surface area (Å²) >= 11 is 0. The van der Waals surface area contributed by atoms with Crippen molar-refractivity contribution in [3.05, 3.63) is 23.3 Å². The minimum atomic E-state index is -1.02. The van der Waals surface area contributed by atoms with Crippen molar-refractivity contribution in [2.24, 2.45) is 11.8 Å². The van der Waals surface area contributed by atoms with Gasteiger partial charge in [0.15, 0.2) is 11.5 Å². The summed E-state index contributed by atoms with van der Waals surface area (Å²) in [5.74, 6) is 2.08. The highest BCUT2D eigenvalue weighted by atomic mass is 16.5. The lowest BCUT2D eigenvalue weighted by Crippen LogP contribution is -2.56. The molecule has 3 unspecified atom stereocenters. The van der Waals surface area contributed by atoms with Crippen LogP contribution in [0, 0.1) is 11.8 Å². The molecule has 0 radical (unpaired) electrons. The Kier molecular flexibility index (Phi) is 5.28. The van der Waals surface area contributed by atoms with E-state index in [0.717, 1.165) is 37.4 Å². The van der Waals surface area contributed by atoms with Crippen LogP contribution in [-0.4, -0.2) is 54.6 Å². The summed E-state index contributed by atoms with van der Waals surface area (Å²) in [5, 5.41) is 21.1. The van der Waals surface area contributed by atoms with E-state index in [1.165, 1.54) is 11.1 Å². The average molecular weight is 349 g/mol. The third-order valence-electron chi connectivity index (χ3n) is 5.90. The Labute approximate surface area is 150 Å². The molecule has 25 heavy (non-hydrogen) atoms. The van der Waals surface area contributed by atoms with Crippen molar-refractivity contribution in [3.63, 3.8) is 0 Å². The second kappa shape index (κ2) is 7.14. The first-order valence-electron chi connectivity index (χ1n) is 9.24. The predicted molar refractivity (Wildman–Crippen MR) is 97.2 cm³/mol. The summed E-state index contributed by atoms with van der Waals surface area (Å²) in [6.45, 7) is 5.97. The van der Waals surface area contributed by atoms with Crippen LogP contribution in [0.5, 0.6) is 11.5 Å². The number of rotatable bonds is 5. The lowest BCUT2D eigenvalue weighted by Gasteiger charge is -2.51. The number of fused-ring (bicyclic) bond motifs is 3. The quantitative estimate of drug-likeness (QED) is 0.855. The number of hydrogen-bond donors (Lipinski definition) is 2. The number of nitrogens with zero attached hydrogens (tertiary/aromatic N) is 1. The van der Waals surface area contributed by atoms with Crippen LogP contribution in [0.4, 0.5) is 0 Å². The van der Waals surface area contributed by atoms with Crippen LogP contribution < -0.4 is 9.47 Å². The topological polar surface area (TPSA) is 62.2 Å². The molecule has 1 fully saturated rings. The maximum absolute atomic E-state index is 11.1. The molecule has 2 aliphatic heterocycles. The number of hydrogen-bond acceptors (Lipinski definition) is 5. The van der Waals surface area contributed by atoms with Crippen molar-refractivity contribution in [2.75, 3.05) is 33.9 Å². The fourth-order valence-electron chi connectivity index (χ4n) is 4.55. The predicted octanol–water partition coefficient (Wildman–Crippen LogP) is 2.39. The van der Waals surface area contributed by atoms with Crippen LogP contribution in [0.25, 0.3) is 0 Å². The van der Waals surface area contributed by atoms with Crippen LogP contribution in [-0.2, 0) is 6.42 Å². The minimum absolute atomic E-state index is 0.107. The zero-order valence-electron chi connectivity index (χ0n) is 15.8. The molecular weight excluding hydrogens is 318 g/mol. The van der Waals surface area contributed by atoms with E-state index in [1.807, 2.05) is 6.07 Å². The van der Waals surface area contributed by atoms with Crippen LogP contribution in [0.3, 0.4) is 0 Å². The Balaban J connectivity index is 1.95. The van der Waals surface area contributed by atoms with Gasteiger partial charge in [-0.1, -0.05) is 13.8 Å². The first-order chi connectivity index (χ1) is 11.9. The second-order valence-corrected chi connectivity index (χ2v) is 7.96. The summed E-state index contributed by atoms with van der Waals surface area (Å²) in [6, 6.07) is 4.22. The zero-order valence-corrected chi connectivity index (χ0v) is 15.8. The van der Waals surface area contributed by atoms with Gasteiger partial charge in [0.05, 0.1) is 26.4 Å². The maximum atomic E-state index is 11.1. The van der Waals surface area contributed by atoms with E-state index >= 15 is 0 Å². The minimum Gasteiger partial charge on any atom is -0.493 e.